The van der Waals surface area contributed by atoms with Crippen LogP contribution in [0.5, 0.6) is 0 Å². The Hall–Kier alpha value is -1.45. The molecule has 28 heavy (non-hydrogen) atoms. The van der Waals surface area contributed by atoms with Crippen LogP contribution >= 0.6 is 0 Å². The van der Waals surface area contributed by atoms with Gasteiger partial charge in [0.25, 0.3) is 5.67 Å². The van der Waals surface area contributed by atoms with Crippen molar-refractivity contribution in [3.05, 3.63) is 35.4 Å². The minimum absolute atomic E-state index is 0.0485. The van der Waals surface area contributed by atoms with Gasteiger partial charge in [0.15, 0.2) is 0 Å². The zero-order chi connectivity index (χ0) is 22.0. The molecule has 0 heterocycles. The van der Waals surface area contributed by atoms with Crippen LogP contribution in [-0.4, -0.2) is 34.5 Å². The standard InChI is InChI=1S/C18H19F9O/c1-4-10(2)11-5-7-12(8-6-11)13(3,28)9-14(19)15(20,21)17(24,25)18(26,27)16(14,22)23/h5-8,10,28H,4,9H2,1-3H3. The summed E-state index contributed by atoms with van der Waals surface area (Å²) in [4.78, 5) is 0. The van der Waals surface area contributed by atoms with Crippen molar-refractivity contribution in [3.63, 3.8) is 0 Å². The maximum Gasteiger partial charge on any atom is 0.381 e. The van der Waals surface area contributed by atoms with Gasteiger partial charge in [0.2, 0.25) is 0 Å². The maximum atomic E-state index is 14.7. The molecule has 0 aliphatic heterocycles. The van der Waals surface area contributed by atoms with Crippen molar-refractivity contribution in [1.29, 1.82) is 0 Å². The highest BCUT2D eigenvalue weighted by atomic mass is 19.4. The van der Waals surface area contributed by atoms with E-state index in [0.29, 0.717) is 13.3 Å². The second-order valence-corrected chi connectivity index (χ2v) is 7.48. The third-order valence-electron chi connectivity index (χ3n) is 5.48. The molecule has 1 nitrogen and oxygen atoms in total. The first-order valence-electron chi connectivity index (χ1n) is 8.43. The van der Waals surface area contributed by atoms with Gasteiger partial charge in [-0.3, -0.25) is 0 Å². The first-order valence-corrected chi connectivity index (χ1v) is 8.43. The zero-order valence-electron chi connectivity index (χ0n) is 15.1. The molecule has 10 heteroatoms. The van der Waals surface area contributed by atoms with Crippen LogP contribution in [0.4, 0.5) is 39.5 Å². The van der Waals surface area contributed by atoms with E-state index >= 15 is 0 Å². The van der Waals surface area contributed by atoms with Gasteiger partial charge >= 0.3 is 23.7 Å². The molecular formula is C18H19F9O. The fourth-order valence-electron chi connectivity index (χ4n) is 3.29. The Kier molecular flexibility index (Phi) is 5.12. The van der Waals surface area contributed by atoms with Crippen molar-refractivity contribution < 1.29 is 44.6 Å². The molecule has 0 spiro atoms. The van der Waals surface area contributed by atoms with Crippen LogP contribution in [0.1, 0.15) is 50.7 Å². The summed E-state index contributed by atoms with van der Waals surface area (Å²) in [6.07, 6.45) is -1.65. The number of rotatable bonds is 5. The molecule has 1 saturated carbocycles. The average molecular weight is 422 g/mol. The monoisotopic (exact) mass is 422 g/mol. The summed E-state index contributed by atoms with van der Waals surface area (Å²) >= 11 is 0. The molecule has 0 aromatic heterocycles. The minimum atomic E-state index is -6.64. The highest BCUT2D eigenvalue weighted by Gasteiger charge is 3.00. The van der Waals surface area contributed by atoms with Gasteiger partial charge in [-0.15, -0.1) is 0 Å². The minimum Gasteiger partial charge on any atom is -0.385 e. The molecule has 1 aromatic carbocycles. The summed E-state index contributed by atoms with van der Waals surface area (Å²) in [7, 11) is 0. The lowest BCUT2D eigenvalue weighted by molar-refractivity contribution is -0.303. The van der Waals surface area contributed by atoms with Crippen LogP contribution in [0.15, 0.2) is 24.3 Å². The summed E-state index contributed by atoms with van der Waals surface area (Å²) in [6, 6.07) is 5.06. The van der Waals surface area contributed by atoms with E-state index in [1.807, 2.05) is 13.8 Å². The SMILES string of the molecule is CCC(C)c1ccc(C(C)(O)CC2(F)C(F)(F)C(F)(F)C(F)(F)C2(F)F)cc1. The van der Waals surface area contributed by atoms with E-state index in [1.54, 1.807) is 0 Å². The second-order valence-electron chi connectivity index (χ2n) is 7.48. The van der Waals surface area contributed by atoms with Crippen LogP contribution in [0, 0.1) is 0 Å². The van der Waals surface area contributed by atoms with Gasteiger partial charge < -0.3 is 5.11 Å². The number of alkyl halides is 9. The number of aliphatic hydroxyl groups is 1. The third-order valence-corrected chi connectivity index (χ3v) is 5.48. The Morgan fingerprint density at radius 2 is 1.21 bits per heavy atom. The molecule has 2 unspecified atom stereocenters. The van der Waals surface area contributed by atoms with Gasteiger partial charge in [0.05, 0.1) is 5.60 Å². The van der Waals surface area contributed by atoms with Crippen molar-refractivity contribution >= 4 is 0 Å². The van der Waals surface area contributed by atoms with E-state index in [9.17, 15) is 44.6 Å². The van der Waals surface area contributed by atoms with Crippen molar-refractivity contribution in [3.8, 4) is 0 Å². The molecule has 1 aliphatic carbocycles. The predicted molar refractivity (Wildman–Crippen MR) is 83.0 cm³/mol. The lowest BCUT2D eigenvalue weighted by atomic mass is 9.80. The lowest BCUT2D eigenvalue weighted by Gasteiger charge is -2.37. The van der Waals surface area contributed by atoms with Gasteiger partial charge in [-0.05, 0) is 30.4 Å². The van der Waals surface area contributed by atoms with Crippen molar-refractivity contribution in [1.82, 2.24) is 0 Å². The van der Waals surface area contributed by atoms with Crippen molar-refractivity contribution in [2.45, 2.75) is 74.5 Å². The van der Waals surface area contributed by atoms with Crippen molar-refractivity contribution in [2.75, 3.05) is 0 Å². The molecule has 1 fully saturated rings. The number of benzene rings is 1. The van der Waals surface area contributed by atoms with Gasteiger partial charge in [0.1, 0.15) is 0 Å². The number of hydrogen-bond acceptors (Lipinski definition) is 1. The van der Waals surface area contributed by atoms with Crippen LogP contribution in [-0.2, 0) is 5.60 Å². The van der Waals surface area contributed by atoms with E-state index in [-0.39, 0.29) is 11.5 Å². The number of halogens is 9. The van der Waals surface area contributed by atoms with E-state index in [4.69, 9.17) is 0 Å². The molecule has 0 amide bonds. The zero-order valence-corrected chi connectivity index (χ0v) is 15.1. The lowest BCUT2D eigenvalue weighted by Crippen LogP contribution is -2.57. The molecule has 160 valence electrons. The second kappa shape index (κ2) is 6.27. The average Bonchev–Trinajstić information content (AvgIpc) is 2.63. The van der Waals surface area contributed by atoms with Crippen LogP contribution < -0.4 is 0 Å². The van der Waals surface area contributed by atoms with Crippen LogP contribution in [0.3, 0.4) is 0 Å². The quantitative estimate of drug-likeness (QED) is 0.572. The Bertz CT molecular complexity index is 699. The van der Waals surface area contributed by atoms with Gasteiger partial charge in [-0.25, -0.2) is 4.39 Å². The largest absolute Gasteiger partial charge is 0.385 e. The van der Waals surface area contributed by atoms with Crippen LogP contribution in [0.2, 0.25) is 0 Å². The van der Waals surface area contributed by atoms with E-state index in [1.165, 1.54) is 12.1 Å². The van der Waals surface area contributed by atoms with Crippen LogP contribution in [0.25, 0.3) is 0 Å². The molecule has 0 saturated heterocycles. The fourth-order valence-corrected chi connectivity index (χ4v) is 3.29. The smallest absolute Gasteiger partial charge is 0.381 e. The summed E-state index contributed by atoms with van der Waals surface area (Å²) < 4.78 is 123. The first-order chi connectivity index (χ1) is 12.4. The normalized spacial score (nSPS) is 27.2. The fraction of sp³-hybridized carbons (Fsp3) is 0.667. The van der Waals surface area contributed by atoms with Gasteiger partial charge in [0, 0.05) is 6.42 Å². The molecule has 2 rings (SSSR count). The molecule has 0 radical (unpaired) electrons. The molecular weight excluding hydrogens is 403 g/mol. The number of hydrogen-bond donors (Lipinski definition) is 1. The topological polar surface area (TPSA) is 20.2 Å². The predicted octanol–water partition coefficient (Wildman–Crippen LogP) is 6.06. The summed E-state index contributed by atoms with van der Waals surface area (Å²) in [6.45, 7) is 4.33. The first kappa shape index (κ1) is 22.8. The summed E-state index contributed by atoms with van der Waals surface area (Å²) in [5.74, 6) is -26.1. The van der Waals surface area contributed by atoms with E-state index in [0.717, 1.165) is 17.7 Å². The Morgan fingerprint density at radius 1 is 0.821 bits per heavy atom. The third kappa shape index (κ3) is 2.66. The van der Waals surface area contributed by atoms with Crippen molar-refractivity contribution in [2.24, 2.45) is 0 Å². The Balaban J connectivity index is 2.49. The Morgan fingerprint density at radius 3 is 1.57 bits per heavy atom. The molecule has 1 aromatic rings. The Labute approximate surface area is 155 Å². The van der Waals surface area contributed by atoms with Gasteiger partial charge in [-0.1, -0.05) is 38.1 Å². The summed E-state index contributed by atoms with van der Waals surface area (Å²) in [5.41, 5.74) is -8.17. The van der Waals surface area contributed by atoms with E-state index in [2.05, 4.69) is 0 Å². The molecule has 2 atom stereocenters. The summed E-state index contributed by atoms with van der Waals surface area (Å²) in [5, 5.41) is 10.3. The van der Waals surface area contributed by atoms with Gasteiger partial charge in [-0.2, -0.15) is 35.1 Å². The highest BCUT2D eigenvalue weighted by molar-refractivity contribution is 5.32. The highest BCUT2D eigenvalue weighted by Crippen LogP contribution is 2.70. The maximum absolute atomic E-state index is 14.7. The van der Waals surface area contributed by atoms with E-state index < -0.39 is 41.4 Å². The molecule has 1 N–H and O–H groups in total. The molecule has 1 aliphatic rings. The molecule has 0 bridgehead atoms.